The first-order chi connectivity index (χ1) is 12.6. The van der Waals surface area contributed by atoms with Gasteiger partial charge in [-0.05, 0) is 49.4 Å². The highest BCUT2D eigenvalue weighted by molar-refractivity contribution is 7.89. The third-order valence-electron chi connectivity index (χ3n) is 3.69. The predicted octanol–water partition coefficient (Wildman–Crippen LogP) is 2.49. The first-order valence-corrected chi connectivity index (χ1v) is 9.43. The number of benzene rings is 2. The molecule has 7 nitrogen and oxygen atoms in total. The molecule has 2 aromatic carbocycles. The van der Waals surface area contributed by atoms with Gasteiger partial charge in [-0.3, -0.25) is 4.79 Å². The Kier molecular flexibility index (Phi) is 6.40. The van der Waals surface area contributed by atoms with Gasteiger partial charge in [0, 0.05) is 19.8 Å². The van der Waals surface area contributed by atoms with Crippen molar-refractivity contribution < 1.29 is 27.1 Å². The average molecular weight is 396 g/mol. The second-order valence-electron chi connectivity index (χ2n) is 5.86. The number of methoxy groups -OCH3 is 1. The molecule has 1 amide bonds. The molecule has 2 aromatic rings. The zero-order valence-corrected chi connectivity index (χ0v) is 16.2. The minimum absolute atomic E-state index is 0.0695. The van der Waals surface area contributed by atoms with Crippen LogP contribution in [0.3, 0.4) is 0 Å². The van der Waals surface area contributed by atoms with Crippen LogP contribution in [0.4, 0.5) is 10.1 Å². The number of sulfonamides is 1. The van der Waals surface area contributed by atoms with Gasteiger partial charge in [0.2, 0.25) is 10.0 Å². The molecule has 0 saturated heterocycles. The van der Waals surface area contributed by atoms with Crippen molar-refractivity contribution in [2.24, 2.45) is 0 Å². The molecule has 0 aromatic heterocycles. The number of hydrogen-bond acceptors (Lipinski definition) is 5. The number of hydrogen-bond donors (Lipinski definition) is 1. The van der Waals surface area contributed by atoms with E-state index in [4.69, 9.17) is 9.47 Å². The first-order valence-electron chi connectivity index (χ1n) is 7.99. The van der Waals surface area contributed by atoms with Crippen LogP contribution in [0.15, 0.2) is 47.4 Å². The van der Waals surface area contributed by atoms with E-state index < -0.39 is 27.9 Å². The van der Waals surface area contributed by atoms with Crippen molar-refractivity contribution in [1.82, 2.24) is 4.31 Å². The van der Waals surface area contributed by atoms with Gasteiger partial charge in [-0.25, -0.2) is 17.1 Å². The number of amides is 1. The topological polar surface area (TPSA) is 84.9 Å². The van der Waals surface area contributed by atoms with E-state index in [0.29, 0.717) is 5.75 Å². The van der Waals surface area contributed by atoms with E-state index in [1.54, 1.807) is 0 Å². The lowest BCUT2D eigenvalue weighted by molar-refractivity contribution is -0.122. The molecular weight excluding hydrogens is 375 g/mol. The molecule has 0 aliphatic carbocycles. The van der Waals surface area contributed by atoms with Crippen LogP contribution in [-0.2, 0) is 14.8 Å². The van der Waals surface area contributed by atoms with Gasteiger partial charge in [-0.15, -0.1) is 0 Å². The summed E-state index contributed by atoms with van der Waals surface area (Å²) in [5.74, 6) is -0.396. The molecule has 1 unspecified atom stereocenters. The standard InChI is InChI=1S/C18H21FN2O5S/c1-12(26-15-8-5-13(19)6-9-15)18(22)20-14-7-10-16(25-4)17(11-14)27(23,24)21(2)3/h5-12H,1-4H3,(H,20,22). The highest BCUT2D eigenvalue weighted by Gasteiger charge is 2.23. The fourth-order valence-corrected chi connectivity index (χ4v) is 3.24. The van der Waals surface area contributed by atoms with Crippen LogP contribution in [0.2, 0.25) is 0 Å². The van der Waals surface area contributed by atoms with Crippen LogP contribution in [-0.4, -0.2) is 45.9 Å². The van der Waals surface area contributed by atoms with Crippen molar-refractivity contribution in [3.05, 3.63) is 48.3 Å². The molecule has 0 fully saturated rings. The van der Waals surface area contributed by atoms with E-state index >= 15 is 0 Å². The summed E-state index contributed by atoms with van der Waals surface area (Å²) in [6.45, 7) is 1.53. The molecular formula is C18H21FN2O5S. The molecule has 1 atom stereocenters. The van der Waals surface area contributed by atoms with Gasteiger partial charge in [0.05, 0.1) is 7.11 Å². The maximum absolute atomic E-state index is 12.9. The van der Waals surface area contributed by atoms with Crippen molar-refractivity contribution in [2.45, 2.75) is 17.9 Å². The van der Waals surface area contributed by atoms with E-state index in [-0.39, 0.29) is 16.3 Å². The zero-order valence-electron chi connectivity index (χ0n) is 15.4. The summed E-state index contributed by atoms with van der Waals surface area (Å²) >= 11 is 0. The maximum atomic E-state index is 12.9. The summed E-state index contributed by atoms with van der Waals surface area (Å²) in [5.41, 5.74) is 0.274. The molecule has 146 valence electrons. The molecule has 9 heteroatoms. The Morgan fingerprint density at radius 3 is 2.33 bits per heavy atom. The van der Waals surface area contributed by atoms with Crippen LogP contribution in [0, 0.1) is 5.82 Å². The molecule has 1 N–H and O–H groups in total. The summed E-state index contributed by atoms with van der Waals surface area (Å²) in [4.78, 5) is 12.3. The number of rotatable bonds is 7. The zero-order chi connectivity index (χ0) is 20.2. The second kappa shape index (κ2) is 8.36. The third-order valence-corrected chi connectivity index (χ3v) is 5.52. The molecule has 0 aliphatic rings. The van der Waals surface area contributed by atoms with Crippen molar-refractivity contribution in [1.29, 1.82) is 0 Å². The van der Waals surface area contributed by atoms with E-state index in [9.17, 15) is 17.6 Å². The van der Waals surface area contributed by atoms with Crippen molar-refractivity contribution in [3.63, 3.8) is 0 Å². The maximum Gasteiger partial charge on any atom is 0.265 e. The molecule has 0 aliphatic heterocycles. The lowest BCUT2D eigenvalue weighted by Crippen LogP contribution is -2.30. The van der Waals surface area contributed by atoms with E-state index in [0.717, 1.165) is 4.31 Å². The number of nitrogens with zero attached hydrogens (tertiary/aromatic N) is 1. The van der Waals surface area contributed by atoms with Crippen LogP contribution in [0.1, 0.15) is 6.92 Å². The SMILES string of the molecule is COc1ccc(NC(=O)C(C)Oc2ccc(F)cc2)cc1S(=O)(=O)N(C)C. The smallest absolute Gasteiger partial charge is 0.265 e. The Labute approximate surface area is 157 Å². The fourth-order valence-electron chi connectivity index (χ4n) is 2.17. The van der Waals surface area contributed by atoms with Crippen LogP contribution in [0.25, 0.3) is 0 Å². The number of ether oxygens (including phenoxy) is 2. The van der Waals surface area contributed by atoms with Gasteiger partial charge in [-0.1, -0.05) is 0 Å². The Bertz CT molecular complexity index is 914. The van der Waals surface area contributed by atoms with Crippen molar-refractivity contribution >= 4 is 21.6 Å². The van der Waals surface area contributed by atoms with E-state index in [1.165, 1.54) is 70.6 Å². The Balaban J connectivity index is 2.18. The second-order valence-corrected chi connectivity index (χ2v) is 7.98. The molecule has 0 spiro atoms. The summed E-state index contributed by atoms with van der Waals surface area (Å²) in [6, 6.07) is 9.57. The number of nitrogens with one attached hydrogen (secondary N) is 1. The predicted molar refractivity (Wildman–Crippen MR) is 99.0 cm³/mol. The Hall–Kier alpha value is -2.65. The quantitative estimate of drug-likeness (QED) is 0.777. The summed E-state index contributed by atoms with van der Waals surface area (Å²) in [6.07, 6.45) is -0.883. The van der Waals surface area contributed by atoms with Gasteiger partial charge in [0.15, 0.2) is 6.10 Å². The van der Waals surface area contributed by atoms with Gasteiger partial charge >= 0.3 is 0 Å². The molecule has 2 rings (SSSR count). The molecule has 0 radical (unpaired) electrons. The number of carbonyl (C=O) groups excluding carboxylic acids is 1. The molecule has 0 saturated carbocycles. The van der Waals surface area contributed by atoms with E-state index in [1.807, 2.05) is 0 Å². The number of halogens is 1. The van der Waals surface area contributed by atoms with Gasteiger partial charge in [0.25, 0.3) is 5.91 Å². The normalized spacial score (nSPS) is 12.5. The minimum atomic E-state index is -3.76. The highest BCUT2D eigenvalue weighted by atomic mass is 32.2. The lowest BCUT2D eigenvalue weighted by atomic mass is 10.2. The van der Waals surface area contributed by atoms with Gasteiger partial charge < -0.3 is 14.8 Å². The summed E-state index contributed by atoms with van der Waals surface area (Å²) < 4.78 is 49.4. The van der Waals surface area contributed by atoms with Gasteiger partial charge in [0.1, 0.15) is 22.2 Å². The molecule has 27 heavy (non-hydrogen) atoms. The van der Waals surface area contributed by atoms with Crippen molar-refractivity contribution in [2.75, 3.05) is 26.5 Å². The van der Waals surface area contributed by atoms with Crippen LogP contribution >= 0.6 is 0 Å². The minimum Gasteiger partial charge on any atom is -0.495 e. The number of anilines is 1. The third kappa shape index (κ3) is 4.95. The van der Waals surface area contributed by atoms with Crippen LogP contribution in [0.5, 0.6) is 11.5 Å². The monoisotopic (exact) mass is 396 g/mol. The van der Waals surface area contributed by atoms with E-state index in [2.05, 4.69) is 5.32 Å². The summed E-state index contributed by atoms with van der Waals surface area (Å²) in [5, 5.41) is 2.60. The van der Waals surface area contributed by atoms with Gasteiger partial charge in [-0.2, -0.15) is 0 Å². The summed E-state index contributed by atoms with van der Waals surface area (Å²) in [7, 11) is 0.404. The van der Waals surface area contributed by atoms with Crippen molar-refractivity contribution in [3.8, 4) is 11.5 Å². The first kappa shape index (κ1) is 20.7. The largest absolute Gasteiger partial charge is 0.495 e. The fraction of sp³-hybridized carbons (Fsp3) is 0.278. The highest BCUT2D eigenvalue weighted by Crippen LogP contribution is 2.29. The Morgan fingerprint density at radius 2 is 1.78 bits per heavy atom. The molecule has 0 bridgehead atoms. The van der Waals surface area contributed by atoms with Crippen LogP contribution < -0.4 is 14.8 Å². The molecule has 0 heterocycles. The lowest BCUT2D eigenvalue weighted by Gasteiger charge is -2.17. The number of carbonyl (C=O) groups is 1. The average Bonchev–Trinajstić information content (AvgIpc) is 2.63. The Morgan fingerprint density at radius 1 is 1.15 bits per heavy atom.